The number of pyridine rings is 1. The fourth-order valence-corrected chi connectivity index (χ4v) is 0.925. The van der Waals surface area contributed by atoms with Crippen molar-refractivity contribution in [2.75, 3.05) is 13.2 Å². The van der Waals surface area contributed by atoms with Gasteiger partial charge in [0.1, 0.15) is 6.61 Å². The average Bonchev–Trinajstić information content (AvgIpc) is 2.25. The predicted octanol–water partition coefficient (Wildman–Crippen LogP) is 0.468. The molecule has 0 saturated carbocycles. The third kappa shape index (κ3) is 3.55. The number of rotatable bonds is 5. The lowest BCUT2D eigenvalue weighted by molar-refractivity contribution is 0.279. The smallest absolute Gasteiger partial charge is 0.213 e. The number of aromatic nitrogens is 1. The summed E-state index contributed by atoms with van der Waals surface area (Å²) in [5, 5.41) is 8.86. The molecule has 0 spiro atoms. The zero-order valence-electron chi connectivity index (χ0n) is 7.89. The second-order valence-corrected chi connectivity index (χ2v) is 2.68. The van der Waals surface area contributed by atoms with Crippen molar-refractivity contribution in [1.82, 2.24) is 4.98 Å². The molecule has 0 fully saturated rings. The van der Waals surface area contributed by atoms with Crippen LogP contribution in [0.2, 0.25) is 0 Å². The van der Waals surface area contributed by atoms with Gasteiger partial charge in [0, 0.05) is 18.8 Å². The van der Waals surface area contributed by atoms with Crippen molar-refractivity contribution in [3.8, 4) is 5.88 Å². The van der Waals surface area contributed by atoms with Crippen LogP contribution >= 0.6 is 0 Å². The maximum Gasteiger partial charge on any atom is 0.213 e. The minimum atomic E-state index is -0.00246. The molecule has 0 aliphatic heterocycles. The van der Waals surface area contributed by atoms with Gasteiger partial charge in [-0.2, -0.15) is 0 Å². The Labute approximate surface area is 83.0 Å². The van der Waals surface area contributed by atoms with Crippen LogP contribution in [-0.4, -0.2) is 23.2 Å². The second-order valence-electron chi connectivity index (χ2n) is 2.68. The van der Waals surface area contributed by atoms with Gasteiger partial charge in [-0.25, -0.2) is 4.98 Å². The third-order valence-corrected chi connectivity index (χ3v) is 1.61. The topological polar surface area (TPSA) is 68.4 Å². The van der Waals surface area contributed by atoms with Crippen molar-refractivity contribution < 1.29 is 9.84 Å². The molecule has 0 unspecified atom stereocenters. The fraction of sp³-hybridized carbons (Fsp3) is 0.300. The molecule has 0 atom stereocenters. The molecule has 0 aliphatic rings. The molecule has 4 heteroatoms. The highest BCUT2D eigenvalue weighted by Crippen LogP contribution is 2.08. The van der Waals surface area contributed by atoms with Gasteiger partial charge in [0.25, 0.3) is 0 Å². The van der Waals surface area contributed by atoms with Crippen LogP contribution in [0.1, 0.15) is 5.56 Å². The van der Waals surface area contributed by atoms with Crippen LogP contribution < -0.4 is 10.5 Å². The highest BCUT2D eigenvalue weighted by molar-refractivity contribution is 5.19. The van der Waals surface area contributed by atoms with E-state index in [0.717, 1.165) is 5.56 Å². The first kappa shape index (κ1) is 10.7. The molecule has 4 nitrogen and oxygen atoms in total. The number of hydrogen-bond acceptors (Lipinski definition) is 4. The van der Waals surface area contributed by atoms with Gasteiger partial charge in [0.15, 0.2) is 0 Å². The first-order valence-corrected chi connectivity index (χ1v) is 4.40. The summed E-state index contributed by atoms with van der Waals surface area (Å²) in [6, 6.07) is 3.44. The first-order valence-electron chi connectivity index (χ1n) is 4.40. The highest BCUT2D eigenvalue weighted by atomic mass is 16.5. The van der Waals surface area contributed by atoms with E-state index in [4.69, 9.17) is 15.6 Å². The van der Waals surface area contributed by atoms with E-state index in [9.17, 15) is 0 Å². The van der Waals surface area contributed by atoms with E-state index in [1.807, 2.05) is 12.2 Å². The van der Waals surface area contributed by atoms with Crippen LogP contribution in [0.5, 0.6) is 5.88 Å². The van der Waals surface area contributed by atoms with Gasteiger partial charge >= 0.3 is 0 Å². The number of hydrogen-bond donors (Lipinski definition) is 2. The molecule has 0 amide bonds. The predicted molar refractivity (Wildman–Crippen MR) is 53.8 cm³/mol. The molecule has 1 aromatic heterocycles. The van der Waals surface area contributed by atoms with Gasteiger partial charge in [-0.15, -0.1) is 0 Å². The van der Waals surface area contributed by atoms with Gasteiger partial charge in [-0.3, -0.25) is 0 Å². The standard InChI is InChI=1S/C10H14N2O2/c11-4-1-2-6-14-10-7-9(8-13)3-5-12-10/h1-3,5,7,13H,4,6,8,11H2/b2-1-. The number of nitrogens with two attached hydrogens (primary N) is 1. The summed E-state index contributed by atoms with van der Waals surface area (Å²) in [6.45, 7) is 0.948. The van der Waals surface area contributed by atoms with Crippen LogP contribution in [0.3, 0.4) is 0 Å². The average molecular weight is 194 g/mol. The minimum absolute atomic E-state index is 0.00246. The third-order valence-electron chi connectivity index (χ3n) is 1.61. The molecule has 0 radical (unpaired) electrons. The summed E-state index contributed by atoms with van der Waals surface area (Å²) in [5.74, 6) is 0.512. The van der Waals surface area contributed by atoms with E-state index in [0.29, 0.717) is 19.0 Å². The summed E-state index contributed by atoms with van der Waals surface area (Å²) in [5.41, 5.74) is 6.05. The quantitative estimate of drug-likeness (QED) is 0.668. The summed E-state index contributed by atoms with van der Waals surface area (Å²) in [6.07, 6.45) is 5.25. The Kier molecular flexibility index (Phi) is 4.68. The lowest BCUT2D eigenvalue weighted by atomic mass is 10.3. The molecule has 1 rings (SSSR count). The first-order chi connectivity index (χ1) is 6.86. The molecule has 1 heterocycles. The van der Waals surface area contributed by atoms with E-state index < -0.39 is 0 Å². The van der Waals surface area contributed by atoms with Crippen molar-refractivity contribution in [3.05, 3.63) is 36.0 Å². The normalized spacial score (nSPS) is 10.7. The number of ether oxygens (including phenoxy) is 1. The Bertz CT molecular complexity index is 300. The van der Waals surface area contributed by atoms with Gasteiger partial charge < -0.3 is 15.6 Å². The van der Waals surface area contributed by atoms with E-state index in [1.165, 1.54) is 0 Å². The maximum absolute atomic E-state index is 8.86. The van der Waals surface area contributed by atoms with Gasteiger partial charge in [-0.1, -0.05) is 12.2 Å². The Morgan fingerprint density at radius 1 is 1.50 bits per heavy atom. The lowest BCUT2D eigenvalue weighted by Crippen LogP contribution is -1.99. The number of aliphatic hydroxyl groups is 1. The van der Waals surface area contributed by atoms with Crippen molar-refractivity contribution in [2.45, 2.75) is 6.61 Å². The molecule has 14 heavy (non-hydrogen) atoms. The largest absolute Gasteiger partial charge is 0.473 e. The Morgan fingerprint density at radius 2 is 2.36 bits per heavy atom. The van der Waals surface area contributed by atoms with E-state index >= 15 is 0 Å². The van der Waals surface area contributed by atoms with Crippen molar-refractivity contribution in [1.29, 1.82) is 0 Å². The lowest BCUT2D eigenvalue weighted by Gasteiger charge is -2.02. The van der Waals surface area contributed by atoms with Crippen molar-refractivity contribution >= 4 is 0 Å². The van der Waals surface area contributed by atoms with E-state index in [-0.39, 0.29) is 6.61 Å². The SMILES string of the molecule is NC/C=C\COc1cc(CO)ccn1. The number of nitrogens with zero attached hydrogens (tertiary/aromatic N) is 1. The summed E-state index contributed by atoms with van der Waals surface area (Å²) in [7, 11) is 0. The highest BCUT2D eigenvalue weighted by Gasteiger charge is 1.95. The van der Waals surface area contributed by atoms with E-state index in [2.05, 4.69) is 4.98 Å². The van der Waals surface area contributed by atoms with Gasteiger partial charge in [0.2, 0.25) is 5.88 Å². The van der Waals surface area contributed by atoms with Crippen molar-refractivity contribution in [2.24, 2.45) is 5.73 Å². The summed E-state index contributed by atoms with van der Waals surface area (Å²) in [4.78, 5) is 3.99. The summed E-state index contributed by atoms with van der Waals surface area (Å²) < 4.78 is 5.29. The zero-order chi connectivity index (χ0) is 10.2. The molecule has 1 aromatic rings. The molecule has 0 aliphatic carbocycles. The Hall–Kier alpha value is -1.39. The molecule has 0 bridgehead atoms. The Balaban J connectivity index is 2.46. The van der Waals surface area contributed by atoms with Crippen LogP contribution in [-0.2, 0) is 6.61 Å². The molecule has 0 saturated heterocycles. The zero-order valence-corrected chi connectivity index (χ0v) is 7.89. The molecule has 0 aromatic carbocycles. The fourth-order valence-electron chi connectivity index (χ4n) is 0.925. The number of aliphatic hydroxyl groups excluding tert-OH is 1. The van der Waals surface area contributed by atoms with Crippen LogP contribution in [0.4, 0.5) is 0 Å². The van der Waals surface area contributed by atoms with Gasteiger partial charge in [-0.05, 0) is 11.6 Å². The van der Waals surface area contributed by atoms with Crippen LogP contribution in [0, 0.1) is 0 Å². The second kappa shape index (κ2) is 6.12. The van der Waals surface area contributed by atoms with Crippen LogP contribution in [0.15, 0.2) is 30.5 Å². The molecular formula is C10H14N2O2. The Morgan fingerprint density at radius 3 is 3.07 bits per heavy atom. The van der Waals surface area contributed by atoms with Crippen LogP contribution in [0.25, 0.3) is 0 Å². The maximum atomic E-state index is 8.86. The van der Waals surface area contributed by atoms with Crippen molar-refractivity contribution in [3.63, 3.8) is 0 Å². The van der Waals surface area contributed by atoms with Gasteiger partial charge in [0.05, 0.1) is 6.61 Å². The summed E-state index contributed by atoms with van der Waals surface area (Å²) >= 11 is 0. The monoisotopic (exact) mass is 194 g/mol. The van der Waals surface area contributed by atoms with E-state index in [1.54, 1.807) is 18.3 Å². The molecular weight excluding hydrogens is 180 g/mol. The molecule has 76 valence electrons. The molecule has 3 N–H and O–H groups in total. The minimum Gasteiger partial charge on any atom is -0.473 e.